The second kappa shape index (κ2) is 6.53. The van der Waals surface area contributed by atoms with E-state index in [2.05, 4.69) is 26.6 Å². The Morgan fingerprint density at radius 1 is 1.52 bits per heavy atom. The molecule has 2 rings (SSSR count). The summed E-state index contributed by atoms with van der Waals surface area (Å²) >= 11 is 4.83. The lowest BCUT2D eigenvalue weighted by atomic mass is 9.87. The lowest BCUT2D eigenvalue weighted by Crippen LogP contribution is -2.43. The highest BCUT2D eigenvalue weighted by atomic mass is 79.9. The van der Waals surface area contributed by atoms with Crippen LogP contribution in [0.25, 0.3) is 0 Å². The van der Waals surface area contributed by atoms with E-state index in [0.29, 0.717) is 18.0 Å². The third-order valence-corrected chi connectivity index (χ3v) is 5.68. The van der Waals surface area contributed by atoms with Crippen molar-refractivity contribution in [1.29, 1.82) is 0 Å². The molecule has 0 aromatic carbocycles. The van der Waals surface area contributed by atoms with Gasteiger partial charge in [-0.2, -0.15) is 0 Å². The molecular formula is C16H23BrN2O3S. The van der Waals surface area contributed by atoms with Gasteiger partial charge in [0.25, 0.3) is 0 Å². The topological polar surface area (TPSA) is 67.4 Å². The fourth-order valence-electron chi connectivity index (χ4n) is 2.47. The van der Waals surface area contributed by atoms with Crippen molar-refractivity contribution in [1.82, 2.24) is 10.6 Å². The van der Waals surface area contributed by atoms with Crippen LogP contribution in [0.4, 0.5) is 0 Å². The quantitative estimate of drug-likeness (QED) is 0.759. The summed E-state index contributed by atoms with van der Waals surface area (Å²) in [5, 5.41) is 8.02. The van der Waals surface area contributed by atoms with Crippen molar-refractivity contribution >= 4 is 39.1 Å². The fraction of sp³-hybridized carbons (Fsp3) is 0.625. The molecule has 23 heavy (non-hydrogen) atoms. The molecule has 0 bridgehead atoms. The maximum absolute atomic E-state index is 12.3. The highest BCUT2D eigenvalue weighted by molar-refractivity contribution is 9.10. The first-order valence-electron chi connectivity index (χ1n) is 7.51. The second-order valence-electron chi connectivity index (χ2n) is 7.41. The molecule has 0 aliphatic carbocycles. The van der Waals surface area contributed by atoms with Crippen LogP contribution in [-0.4, -0.2) is 30.1 Å². The highest BCUT2D eigenvalue weighted by Crippen LogP contribution is 2.31. The maximum atomic E-state index is 12.3. The van der Waals surface area contributed by atoms with Gasteiger partial charge >= 0.3 is 5.97 Å². The van der Waals surface area contributed by atoms with Gasteiger partial charge in [-0.05, 0) is 36.7 Å². The fourth-order valence-corrected chi connectivity index (χ4v) is 4.04. The summed E-state index contributed by atoms with van der Waals surface area (Å²) in [5.41, 5.74) is 0.136. The minimum absolute atomic E-state index is 0.000157. The molecule has 1 aromatic heterocycles. The summed E-state index contributed by atoms with van der Waals surface area (Å²) in [6, 6.07) is -0.277. The zero-order valence-electron chi connectivity index (χ0n) is 14.1. The van der Waals surface area contributed by atoms with Crippen LogP contribution >= 0.6 is 27.3 Å². The Balaban J connectivity index is 2.13. The molecule has 1 saturated heterocycles. The van der Waals surface area contributed by atoms with Crippen molar-refractivity contribution in [3.05, 3.63) is 20.3 Å². The molecular weight excluding hydrogens is 380 g/mol. The number of thiophene rings is 1. The molecule has 1 aliphatic heterocycles. The van der Waals surface area contributed by atoms with E-state index in [9.17, 15) is 9.59 Å². The van der Waals surface area contributed by atoms with Crippen LogP contribution in [0.15, 0.2) is 9.85 Å². The van der Waals surface area contributed by atoms with Gasteiger partial charge in [0.2, 0.25) is 5.91 Å². The average Bonchev–Trinajstić information content (AvgIpc) is 2.87. The normalized spacial score (nSPS) is 20.4. The van der Waals surface area contributed by atoms with Gasteiger partial charge in [-0.3, -0.25) is 4.79 Å². The first-order chi connectivity index (χ1) is 10.5. The number of hydrogen-bond acceptors (Lipinski definition) is 5. The van der Waals surface area contributed by atoms with Crippen LogP contribution in [0.2, 0.25) is 0 Å². The first-order valence-corrected chi connectivity index (χ1v) is 9.19. The molecule has 1 amide bonds. The van der Waals surface area contributed by atoms with Crippen LogP contribution in [0, 0.1) is 5.41 Å². The lowest BCUT2D eigenvalue weighted by molar-refractivity contribution is -0.121. The number of nitrogens with one attached hydrogen (secondary N) is 2. The summed E-state index contributed by atoms with van der Waals surface area (Å²) < 4.78 is 6.31. The predicted molar refractivity (Wildman–Crippen MR) is 94.6 cm³/mol. The standard InChI is InChI=1S/C16H23BrN2O3S/c1-15(2,3)22-14(21)11-9(10(17)7-23-11)6-18-12-13(20)19-8-16(12,4)5/h7,12,18H,6,8H2,1-5H3,(H,19,20). The summed E-state index contributed by atoms with van der Waals surface area (Å²) in [5.74, 6) is -0.333. The number of esters is 1. The smallest absolute Gasteiger partial charge is 0.349 e. The van der Waals surface area contributed by atoms with Crippen LogP contribution in [0.1, 0.15) is 49.9 Å². The zero-order chi connectivity index (χ0) is 17.4. The number of hydrogen-bond donors (Lipinski definition) is 2. The van der Waals surface area contributed by atoms with Gasteiger partial charge in [0, 0.05) is 33.9 Å². The molecule has 128 valence electrons. The predicted octanol–water partition coefficient (Wildman–Crippen LogP) is 3.08. The molecule has 1 atom stereocenters. The molecule has 1 aliphatic rings. The maximum Gasteiger partial charge on any atom is 0.349 e. The number of ether oxygens (including phenoxy) is 1. The van der Waals surface area contributed by atoms with E-state index in [1.165, 1.54) is 11.3 Å². The van der Waals surface area contributed by atoms with E-state index < -0.39 is 5.60 Å². The molecule has 5 nitrogen and oxygen atoms in total. The Morgan fingerprint density at radius 3 is 2.70 bits per heavy atom. The Labute approximate surface area is 149 Å². The second-order valence-corrected chi connectivity index (χ2v) is 9.15. The molecule has 1 unspecified atom stereocenters. The third-order valence-electron chi connectivity index (χ3n) is 3.67. The molecule has 0 spiro atoms. The van der Waals surface area contributed by atoms with E-state index in [-0.39, 0.29) is 23.3 Å². The Hall–Kier alpha value is -0.920. The first kappa shape index (κ1) is 18.4. The van der Waals surface area contributed by atoms with Crippen molar-refractivity contribution < 1.29 is 14.3 Å². The van der Waals surface area contributed by atoms with Crippen molar-refractivity contribution in [2.75, 3.05) is 6.54 Å². The van der Waals surface area contributed by atoms with Crippen molar-refractivity contribution in [2.24, 2.45) is 5.41 Å². The number of amides is 1. The van der Waals surface area contributed by atoms with E-state index in [1.54, 1.807) is 0 Å². The van der Waals surface area contributed by atoms with Gasteiger partial charge < -0.3 is 15.4 Å². The molecule has 0 saturated carbocycles. The summed E-state index contributed by atoms with van der Waals surface area (Å²) in [6.07, 6.45) is 0. The van der Waals surface area contributed by atoms with Crippen LogP contribution < -0.4 is 10.6 Å². The monoisotopic (exact) mass is 402 g/mol. The van der Waals surface area contributed by atoms with Gasteiger partial charge in [0.1, 0.15) is 10.5 Å². The Bertz CT molecular complexity index is 619. The van der Waals surface area contributed by atoms with Crippen molar-refractivity contribution in [3.63, 3.8) is 0 Å². The van der Waals surface area contributed by atoms with Crippen LogP contribution in [0.3, 0.4) is 0 Å². The Morgan fingerprint density at radius 2 is 2.17 bits per heavy atom. The van der Waals surface area contributed by atoms with Gasteiger partial charge in [-0.25, -0.2) is 4.79 Å². The number of rotatable bonds is 4. The molecule has 1 fully saturated rings. The lowest BCUT2D eigenvalue weighted by Gasteiger charge is -2.25. The van der Waals surface area contributed by atoms with E-state index in [4.69, 9.17) is 4.74 Å². The summed E-state index contributed by atoms with van der Waals surface area (Å²) in [4.78, 5) is 24.9. The largest absolute Gasteiger partial charge is 0.456 e. The van der Waals surface area contributed by atoms with E-state index in [0.717, 1.165) is 10.0 Å². The summed E-state index contributed by atoms with van der Waals surface area (Å²) in [6.45, 7) is 10.7. The van der Waals surface area contributed by atoms with E-state index >= 15 is 0 Å². The van der Waals surface area contributed by atoms with Gasteiger partial charge in [0.05, 0.1) is 6.04 Å². The minimum Gasteiger partial charge on any atom is -0.456 e. The zero-order valence-corrected chi connectivity index (χ0v) is 16.5. The van der Waals surface area contributed by atoms with Gasteiger partial charge in [0.15, 0.2) is 0 Å². The molecule has 2 N–H and O–H groups in total. The number of halogens is 1. The summed E-state index contributed by atoms with van der Waals surface area (Å²) in [7, 11) is 0. The third kappa shape index (κ3) is 4.33. The Kier molecular flexibility index (Phi) is 5.23. The number of carbonyl (C=O) groups excluding carboxylic acids is 2. The average molecular weight is 403 g/mol. The van der Waals surface area contributed by atoms with Gasteiger partial charge in [-0.1, -0.05) is 13.8 Å². The van der Waals surface area contributed by atoms with Crippen molar-refractivity contribution in [2.45, 2.75) is 52.8 Å². The van der Waals surface area contributed by atoms with Crippen molar-refractivity contribution in [3.8, 4) is 0 Å². The van der Waals surface area contributed by atoms with E-state index in [1.807, 2.05) is 40.0 Å². The van der Waals surface area contributed by atoms with Crippen LogP contribution in [0.5, 0.6) is 0 Å². The minimum atomic E-state index is -0.536. The molecule has 2 heterocycles. The molecule has 0 radical (unpaired) electrons. The highest BCUT2D eigenvalue weighted by Gasteiger charge is 2.41. The SMILES string of the molecule is CC(C)(C)OC(=O)c1scc(Br)c1CNC1C(=O)NCC1(C)C. The number of carbonyl (C=O) groups is 2. The van der Waals surface area contributed by atoms with Gasteiger partial charge in [-0.15, -0.1) is 11.3 Å². The van der Waals surface area contributed by atoms with Crippen LogP contribution in [-0.2, 0) is 16.1 Å². The molecule has 7 heteroatoms. The molecule has 1 aromatic rings.